The van der Waals surface area contributed by atoms with Crippen LogP contribution in [0.3, 0.4) is 0 Å². The summed E-state index contributed by atoms with van der Waals surface area (Å²) in [6.07, 6.45) is 0. The Hall–Kier alpha value is -0.683. The van der Waals surface area contributed by atoms with E-state index in [2.05, 4.69) is 0 Å². The third kappa shape index (κ3) is 8.16. The van der Waals surface area contributed by atoms with Crippen LogP contribution >= 0.6 is 0 Å². The molecular weight excluding hydrogens is 256 g/mol. The largest absolute Gasteiger partial charge is 0.485 e. The van der Waals surface area contributed by atoms with Gasteiger partial charge >= 0.3 is 9.53 Å². The van der Waals surface area contributed by atoms with E-state index in [-0.39, 0.29) is 11.2 Å². The van der Waals surface area contributed by atoms with E-state index in [1.807, 2.05) is 71.9 Å². The molecule has 0 atom stereocenters. The quantitative estimate of drug-likeness (QED) is 0.773. The standard InChI is InChI=1S/C15H26O3Si/c1-14(2,3)17-19(18-15(4,5)6)16-12-13-10-8-7-9-11-13/h7-11,19H,12H2,1-6H3. The smallest absolute Gasteiger partial charge is 0.371 e. The zero-order chi connectivity index (χ0) is 14.5. The van der Waals surface area contributed by atoms with E-state index in [0.29, 0.717) is 6.61 Å². The Morgan fingerprint density at radius 2 is 1.32 bits per heavy atom. The topological polar surface area (TPSA) is 27.7 Å². The Kier molecular flexibility index (Phi) is 5.74. The monoisotopic (exact) mass is 282 g/mol. The van der Waals surface area contributed by atoms with Gasteiger partial charge in [-0.2, -0.15) is 0 Å². The van der Waals surface area contributed by atoms with E-state index < -0.39 is 9.53 Å². The highest BCUT2D eigenvalue weighted by atomic mass is 28.3. The first-order valence-corrected chi connectivity index (χ1v) is 8.08. The molecule has 0 radical (unpaired) electrons. The van der Waals surface area contributed by atoms with Gasteiger partial charge in [0.15, 0.2) is 0 Å². The van der Waals surface area contributed by atoms with Crippen molar-refractivity contribution in [1.29, 1.82) is 0 Å². The second-order valence-corrected chi connectivity index (χ2v) is 7.93. The van der Waals surface area contributed by atoms with Gasteiger partial charge in [-0.1, -0.05) is 30.3 Å². The Balaban J connectivity index is 2.59. The molecule has 108 valence electrons. The Bertz CT molecular complexity index is 349. The van der Waals surface area contributed by atoms with E-state index in [4.69, 9.17) is 13.3 Å². The van der Waals surface area contributed by atoms with Crippen LogP contribution in [0.2, 0.25) is 0 Å². The van der Waals surface area contributed by atoms with Gasteiger partial charge in [0.25, 0.3) is 0 Å². The molecule has 0 unspecified atom stereocenters. The number of hydrogen-bond donors (Lipinski definition) is 0. The fourth-order valence-electron chi connectivity index (χ4n) is 1.41. The van der Waals surface area contributed by atoms with Crippen molar-refractivity contribution < 1.29 is 13.3 Å². The molecule has 1 aromatic rings. The van der Waals surface area contributed by atoms with Gasteiger partial charge in [0.05, 0.1) is 17.8 Å². The normalized spacial score (nSPS) is 13.0. The molecule has 0 aliphatic heterocycles. The van der Waals surface area contributed by atoms with E-state index >= 15 is 0 Å². The van der Waals surface area contributed by atoms with Crippen molar-refractivity contribution in [3.63, 3.8) is 0 Å². The Morgan fingerprint density at radius 1 is 0.842 bits per heavy atom. The third-order valence-electron chi connectivity index (χ3n) is 2.13. The minimum Gasteiger partial charge on any atom is -0.371 e. The van der Waals surface area contributed by atoms with E-state index in [1.54, 1.807) is 0 Å². The van der Waals surface area contributed by atoms with E-state index in [0.717, 1.165) is 5.56 Å². The number of hydrogen-bond acceptors (Lipinski definition) is 3. The molecule has 0 aromatic heterocycles. The van der Waals surface area contributed by atoms with Gasteiger partial charge in [-0.15, -0.1) is 0 Å². The van der Waals surface area contributed by atoms with Crippen molar-refractivity contribution in [3.05, 3.63) is 35.9 Å². The summed E-state index contributed by atoms with van der Waals surface area (Å²) < 4.78 is 17.7. The molecule has 0 spiro atoms. The summed E-state index contributed by atoms with van der Waals surface area (Å²) in [7, 11) is -2.15. The minimum absolute atomic E-state index is 0.251. The summed E-state index contributed by atoms with van der Waals surface area (Å²) in [5.74, 6) is 0. The van der Waals surface area contributed by atoms with Gasteiger partial charge < -0.3 is 13.3 Å². The van der Waals surface area contributed by atoms with Gasteiger partial charge in [-0.05, 0) is 47.1 Å². The van der Waals surface area contributed by atoms with Gasteiger partial charge in [-0.3, -0.25) is 0 Å². The molecule has 0 heterocycles. The first kappa shape index (κ1) is 16.4. The summed E-state index contributed by atoms with van der Waals surface area (Å²) in [5.41, 5.74) is 0.632. The molecule has 0 aliphatic rings. The lowest BCUT2D eigenvalue weighted by atomic mass is 10.2. The summed E-state index contributed by atoms with van der Waals surface area (Å²) in [6.45, 7) is 12.6. The van der Waals surface area contributed by atoms with Crippen LogP contribution in [0.15, 0.2) is 30.3 Å². The molecule has 1 aromatic carbocycles. The molecule has 0 aliphatic carbocycles. The summed E-state index contributed by atoms with van der Waals surface area (Å²) in [5, 5.41) is 0. The second-order valence-electron chi connectivity index (χ2n) is 6.55. The zero-order valence-electron chi connectivity index (χ0n) is 12.9. The molecule has 0 fully saturated rings. The molecule has 19 heavy (non-hydrogen) atoms. The predicted octanol–water partition coefficient (Wildman–Crippen LogP) is 3.55. The van der Waals surface area contributed by atoms with Gasteiger partial charge in [0.1, 0.15) is 0 Å². The maximum Gasteiger partial charge on any atom is 0.485 e. The average molecular weight is 282 g/mol. The van der Waals surface area contributed by atoms with Crippen molar-refractivity contribution in [2.45, 2.75) is 59.4 Å². The molecule has 0 amide bonds. The number of benzene rings is 1. The highest BCUT2D eigenvalue weighted by Crippen LogP contribution is 2.17. The van der Waals surface area contributed by atoms with Crippen molar-refractivity contribution >= 4 is 9.53 Å². The molecule has 0 N–H and O–H groups in total. The van der Waals surface area contributed by atoms with Gasteiger partial charge in [0.2, 0.25) is 0 Å². The van der Waals surface area contributed by atoms with Crippen LogP contribution in [0.5, 0.6) is 0 Å². The molecule has 4 heteroatoms. The maximum atomic E-state index is 5.93. The fraction of sp³-hybridized carbons (Fsp3) is 0.600. The van der Waals surface area contributed by atoms with Crippen molar-refractivity contribution in [2.24, 2.45) is 0 Å². The molecular formula is C15H26O3Si. The summed E-state index contributed by atoms with van der Waals surface area (Å²) in [6, 6.07) is 10.1. The van der Waals surface area contributed by atoms with E-state index in [1.165, 1.54) is 0 Å². The molecule has 0 saturated heterocycles. The van der Waals surface area contributed by atoms with Gasteiger partial charge in [-0.25, -0.2) is 0 Å². The Labute approximate surface area is 118 Å². The van der Waals surface area contributed by atoms with Crippen LogP contribution in [0.4, 0.5) is 0 Å². The molecule has 0 saturated carbocycles. The summed E-state index contributed by atoms with van der Waals surface area (Å²) >= 11 is 0. The van der Waals surface area contributed by atoms with Crippen LogP contribution < -0.4 is 0 Å². The average Bonchev–Trinajstić information content (AvgIpc) is 2.23. The minimum atomic E-state index is -2.15. The number of rotatable bonds is 5. The van der Waals surface area contributed by atoms with Crippen LogP contribution in [0.1, 0.15) is 47.1 Å². The van der Waals surface area contributed by atoms with Crippen LogP contribution in [0, 0.1) is 0 Å². The molecule has 1 rings (SSSR count). The predicted molar refractivity (Wildman–Crippen MR) is 80.1 cm³/mol. The lowest BCUT2D eigenvalue weighted by molar-refractivity contribution is -0.0219. The van der Waals surface area contributed by atoms with Crippen LogP contribution in [-0.4, -0.2) is 20.7 Å². The molecule has 3 nitrogen and oxygen atoms in total. The first-order chi connectivity index (χ1) is 8.66. The SMILES string of the molecule is CC(C)(C)O[SiH](OCc1ccccc1)OC(C)(C)C. The molecule has 0 bridgehead atoms. The zero-order valence-corrected chi connectivity index (χ0v) is 14.1. The van der Waals surface area contributed by atoms with Crippen molar-refractivity contribution in [3.8, 4) is 0 Å². The van der Waals surface area contributed by atoms with Crippen molar-refractivity contribution in [2.75, 3.05) is 0 Å². The lowest BCUT2D eigenvalue weighted by Crippen LogP contribution is -2.40. The highest BCUT2D eigenvalue weighted by molar-refractivity contribution is 6.36. The van der Waals surface area contributed by atoms with Gasteiger partial charge in [0, 0.05) is 0 Å². The van der Waals surface area contributed by atoms with Crippen molar-refractivity contribution in [1.82, 2.24) is 0 Å². The Morgan fingerprint density at radius 3 is 1.74 bits per heavy atom. The summed E-state index contributed by atoms with van der Waals surface area (Å²) in [4.78, 5) is 0. The van der Waals surface area contributed by atoms with E-state index in [9.17, 15) is 0 Å². The maximum absolute atomic E-state index is 5.93. The fourth-order valence-corrected chi connectivity index (χ4v) is 3.08. The second kappa shape index (κ2) is 6.66. The van der Waals surface area contributed by atoms with Crippen LogP contribution in [-0.2, 0) is 19.9 Å². The lowest BCUT2D eigenvalue weighted by Gasteiger charge is -2.31. The highest BCUT2D eigenvalue weighted by Gasteiger charge is 2.28. The third-order valence-corrected chi connectivity index (χ3v) is 4.37. The first-order valence-electron chi connectivity index (χ1n) is 6.67. The van der Waals surface area contributed by atoms with Crippen LogP contribution in [0.25, 0.3) is 0 Å².